The summed E-state index contributed by atoms with van der Waals surface area (Å²) in [4.78, 5) is 27.4. The number of aryl methyl sites for hydroxylation is 1. The first-order valence-corrected chi connectivity index (χ1v) is 17.7. The molecule has 0 spiro atoms. The van der Waals surface area contributed by atoms with E-state index >= 15 is 0 Å². The molecule has 1 amide bonds. The van der Waals surface area contributed by atoms with Crippen molar-refractivity contribution in [2.45, 2.75) is 57.4 Å². The van der Waals surface area contributed by atoms with Crippen molar-refractivity contribution < 1.29 is 9.18 Å². The first-order chi connectivity index (χ1) is 23.9. The summed E-state index contributed by atoms with van der Waals surface area (Å²) in [5.74, 6) is 0.266. The van der Waals surface area contributed by atoms with E-state index < -0.39 is 6.17 Å². The van der Waals surface area contributed by atoms with Crippen LogP contribution in [-0.4, -0.2) is 67.8 Å². The van der Waals surface area contributed by atoms with Crippen molar-refractivity contribution in [2.75, 3.05) is 36.8 Å². The monoisotopic (exact) mass is 698 g/mol. The fraction of sp³-hybridized carbons (Fsp3) is 0.351. The van der Waals surface area contributed by atoms with Crippen molar-refractivity contribution in [2.24, 2.45) is 0 Å². The molecule has 12 heteroatoms. The predicted molar refractivity (Wildman–Crippen MR) is 192 cm³/mol. The maximum Gasteiger partial charge on any atom is 0.276 e. The number of carbonyl (C=O) groups is 1. The Morgan fingerprint density at radius 2 is 1.65 bits per heavy atom. The Hall–Kier alpha value is -4.09. The normalized spacial score (nSPS) is 18.6. The molecule has 1 atom stereocenters. The number of benzene rings is 2. The molecule has 0 radical (unpaired) electrons. The Morgan fingerprint density at radius 3 is 2.43 bits per heavy atom. The van der Waals surface area contributed by atoms with E-state index in [1.54, 1.807) is 12.3 Å². The number of alkyl halides is 1. The number of aromatic nitrogens is 4. The molecule has 2 fully saturated rings. The maximum absolute atomic E-state index is 13.5. The van der Waals surface area contributed by atoms with Crippen LogP contribution >= 0.6 is 23.2 Å². The van der Waals surface area contributed by atoms with Crippen LogP contribution in [0.25, 0.3) is 22.0 Å². The summed E-state index contributed by atoms with van der Waals surface area (Å²) in [7, 11) is 0. The van der Waals surface area contributed by atoms with E-state index in [1.807, 2.05) is 53.3 Å². The highest BCUT2D eigenvalue weighted by molar-refractivity contribution is 6.39. The number of halogens is 3. The van der Waals surface area contributed by atoms with Gasteiger partial charge in [0, 0.05) is 55.1 Å². The smallest absolute Gasteiger partial charge is 0.276 e. The van der Waals surface area contributed by atoms with Crippen LogP contribution in [0.5, 0.6) is 0 Å². The zero-order valence-corrected chi connectivity index (χ0v) is 28.5. The van der Waals surface area contributed by atoms with Crippen LogP contribution in [0.1, 0.15) is 59.9 Å². The third kappa shape index (κ3) is 6.50. The standard InChI is InChI=1S/C37H37Cl2FN8O/c38-33-26(7-4-9-28(33)43-36-35-24(12-13-41-36)17-23(19-42-35)20-46-21-25(40)22-46)27-8-5-10-29(34(27)39)44-37(49)30-18-32-31(11-6-16-48(32)45-30)47-14-2-1-3-15-47/h4-5,7-10,12-13,17-19,25,31H,1-3,6,11,14-16,20-22H2,(H,41,43)(H,44,49)/t31-/m0/s1. The lowest BCUT2D eigenvalue weighted by molar-refractivity contribution is 0.0591. The first-order valence-electron chi connectivity index (χ1n) is 17.0. The van der Waals surface area contributed by atoms with E-state index in [0.717, 1.165) is 49.1 Å². The highest BCUT2D eigenvalue weighted by Crippen LogP contribution is 2.41. The summed E-state index contributed by atoms with van der Waals surface area (Å²) < 4.78 is 15.3. The minimum absolute atomic E-state index is 0.297. The predicted octanol–water partition coefficient (Wildman–Crippen LogP) is 8.27. The molecule has 252 valence electrons. The van der Waals surface area contributed by atoms with Gasteiger partial charge in [0.15, 0.2) is 11.5 Å². The number of nitrogens with one attached hydrogen (secondary N) is 2. The number of pyridine rings is 2. The highest BCUT2D eigenvalue weighted by Gasteiger charge is 2.30. The van der Waals surface area contributed by atoms with Crippen molar-refractivity contribution in [3.8, 4) is 11.1 Å². The van der Waals surface area contributed by atoms with E-state index in [2.05, 4.69) is 36.5 Å². The molecule has 3 aliphatic rings. The summed E-state index contributed by atoms with van der Waals surface area (Å²) >= 11 is 14.0. The third-order valence-corrected chi connectivity index (χ3v) is 10.6. The number of carbonyl (C=O) groups excluding carboxylic acids is 1. The molecule has 6 heterocycles. The number of nitrogens with zero attached hydrogens (tertiary/aromatic N) is 6. The number of hydrogen-bond donors (Lipinski definition) is 2. The van der Waals surface area contributed by atoms with Crippen LogP contribution in [0.4, 0.5) is 21.6 Å². The number of hydrogen-bond acceptors (Lipinski definition) is 7. The lowest BCUT2D eigenvalue weighted by atomic mass is 9.99. The number of fused-ring (bicyclic) bond motifs is 2. The summed E-state index contributed by atoms with van der Waals surface area (Å²) in [6, 6.07) is 17.4. The summed E-state index contributed by atoms with van der Waals surface area (Å²) in [5.41, 5.74) is 5.72. The van der Waals surface area contributed by atoms with Gasteiger partial charge in [-0.2, -0.15) is 5.10 Å². The molecule has 49 heavy (non-hydrogen) atoms. The van der Waals surface area contributed by atoms with Gasteiger partial charge in [0.2, 0.25) is 0 Å². The minimum atomic E-state index is -0.741. The van der Waals surface area contributed by atoms with Gasteiger partial charge < -0.3 is 10.6 Å². The number of likely N-dealkylation sites (tertiary alicyclic amines) is 2. The molecule has 3 aliphatic heterocycles. The van der Waals surface area contributed by atoms with Gasteiger partial charge in [-0.25, -0.2) is 9.37 Å². The summed E-state index contributed by atoms with van der Waals surface area (Å²) in [6.45, 7) is 4.59. The molecule has 2 aromatic carbocycles. The Labute approximate surface area is 294 Å². The van der Waals surface area contributed by atoms with Crippen molar-refractivity contribution in [3.05, 3.63) is 94.0 Å². The van der Waals surface area contributed by atoms with Crippen LogP contribution in [0, 0.1) is 0 Å². The van der Waals surface area contributed by atoms with Crippen LogP contribution in [-0.2, 0) is 13.1 Å². The van der Waals surface area contributed by atoms with Gasteiger partial charge in [0.05, 0.1) is 33.2 Å². The molecule has 8 rings (SSSR count). The lowest BCUT2D eigenvalue weighted by Gasteiger charge is -2.36. The molecule has 3 aromatic heterocycles. The van der Waals surface area contributed by atoms with Gasteiger partial charge in [0.25, 0.3) is 5.91 Å². The second kappa shape index (κ2) is 13.7. The van der Waals surface area contributed by atoms with Crippen molar-refractivity contribution in [3.63, 3.8) is 0 Å². The zero-order valence-electron chi connectivity index (χ0n) is 27.0. The van der Waals surface area contributed by atoms with Crippen molar-refractivity contribution >= 4 is 57.2 Å². The van der Waals surface area contributed by atoms with Gasteiger partial charge in [0.1, 0.15) is 11.7 Å². The molecule has 2 saturated heterocycles. The van der Waals surface area contributed by atoms with E-state index in [4.69, 9.17) is 28.3 Å². The van der Waals surface area contributed by atoms with Gasteiger partial charge >= 0.3 is 0 Å². The second-order valence-corrected chi connectivity index (χ2v) is 14.0. The van der Waals surface area contributed by atoms with E-state index in [0.29, 0.717) is 75.3 Å². The minimum Gasteiger partial charge on any atom is -0.337 e. The summed E-state index contributed by atoms with van der Waals surface area (Å²) in [6.07, 6.45) is 8.66. The molecule has 0 saturated carbocycles. The Balaban J connectivity index is 1.01. The van der Waals surface area contributed by atoms with E-state index in [1.165, 1.54) is 19.3 Å². The van der Waals surface area contributed by atoms with Crippen molar-refractivity contribution in [1.82, 2.24) is 29.5 Å². The van der Waals surface area contributed by atoms with Gasteiger partial charge in [-0.3, -0.25) is 24.3 Å². The second-order valence-electron chi connectivity index (χ2n) is 13.2. The number of anilines is 3. The number of piperidine rings is 1. The van der Waals surface area contributed by atoms with E-state index in [9.17, 15) is 9.18 Å². The van der Waals surface area contributed by atoms with Gasteiger partial charge in [-0.05, 0) is 74.7 Å². The molecule has 2 N–H and O–H groups in total. The number of rotatable bonds is 8. The third-order valence-electron chi connectivity index (χ3n) is 9.83. The Bertz CT molecular complexity index is 2020. The van der Waals surface area contributed by atoms with Crippen molar-refractivity contribution in [1.29, 1.82) is 0 Å². The summed E-state index contributed by atoms with van der Waals surface area (Å²) in [5, 5.41) is 12.8. The van der Waals surface area contributed by atoms with Crippen LogP contribution in [0.2, 0.25) is 10.0 Å². The van der Waals surface area contributed by atoms with Crippen LogP contribution < -0.4 is 10.6 Å². The Kier molecular flexibility index (Phi) is 8.96. The highest BCUT2D eigenvalue weighted by atomic mass is 35.5. The molecule has 0 unspecified atom stereocenters. The molecule has 5 aromatic rings. The molecule has 0 bridgehead atoms. The number of amides is 1. The van der Waals surface area contributed by atoms with Crippen LogP contribution in [0.3, 0.4) is 0 Å². The maximum atomic E-state index is 13.5. The SMILES string of the molecule is O=C(Nc1cccc(-c2cccc(Nc3nccc4cc(CN5CC(F)C5)cnc34)c2Cl)c1Cl)c1cc2n(n1)CCC[C@@H]2N1CCCCC1. The fourth-order valence-corrected chi connectivity index (χ4v) is 7.89. The lowest BCUT2D eigenvalue weighted by Crippen LogP contribution is -2.47. The zero-order chi connectivity index (χ0) is 33.5. The fourth-order valence-electron chi connectivity index (χ4n) is 7.34. The quantitative estimate of drug-likeness (QED) is 0.169. The van der Waals surface area contributed by atoms with Gasteiger partial charge in [-0.1, -0.05) is 53.9 Å². The molecular formula is C37H37Cl2FN8O. The largest absolute Gasteiger partial charge is 0.337 e. The van der Waals surface area contributed by atoms with Crippen LogP contribution in [0.15, 0.2) is 67.0 Å². The molecular weight excluding hydrogens is 662 g/mol. The average molecular weight is 700 g/mol. The molecule has 9 nitrogen and oxygen atoms in total. The average Bonchev–Trinajstić information content (AvgIpc) is 3.55. The molecule has 0 aliphatic carbocycles. The van der Waals surface area contributed by atoms with Gasteiger partial charge in [-0.15, -0.1) is 0 Å². The Morgan fingerprint density at radius 1 is 0.898 bits per heavy atom. The van der Waals surface area contributed by atoms with E-state index in [-0.39, 0.29) is 5.91 Å². The topological polar surface area (TPSA) is 91.2 Å². The first kappa shape index (κ1) is 32.1.